The minimum Gasteiger partial charge on any atom is -0.462 e. The first-order valence-corrected chi connectivity index (χ1v) is 10.8. The minimum absolute atomic E-state index is 0.0539. The topological polar surface area (TPSA) is 90.2 Å². The van der Waals surface area contributed by atoms with E-state index in [-0.39, 0.29) is 41.3 Å². The molecule has 4 saturated carbocycles. The standard InChI is InChI=1S/C21H31NO5/c1-3-22-9-19(2)6-5-12(23)21-11-8-10-4-7-20(26,13(11)18(25)27-10)14(17(21)22)15(24)16(19)21/h10-17,23-24,26H,3-9H2,1-2H3/t10-,11-,12+,13-,14+,15-,16-,17-,19+,20-,21+/m1/s1. The zero-order valence-corrected chi connectivity index (χ0v) is 16.2. The lowest BCUT2D eigenvalue weighted by Crippen LogP contribution is -2.76. The van der Waals surface area contributed by atoms with Crippen molar-refractivity contribution in [3.05, 3.63) is 0 Å². The fourth-order valence-electron chi connectivity index (χ4n) is 9.35. The molecule has 27 heavy (non-hydrogen) atoms. The van der Waals surface area contributed by atoms with Gasteiger partial charge in [-0.2, -0.15) is 0 Å². The van der Waals surface area contributed by atoms with Crippen LogP contribution in [-0.2, 0) is 9.53 Å². The number of aliphatic hydroxyl groups is 3. The number of nitrogens with zero attached hydrogens (tertiary/aromatic N) is 1. The highest BCUT2D eigenvalue weighted by atomic mass is 16.5. The average Bonchev–Trinajstić information content (AvgIpc) is 2.68. The van der Waals surface area contributed by atoms with Gasteiger partial charge in [0, 0.05) is 29.8 Å². The normalized spacial score (nSPS) is 63.7. The van der Waals surface area contributed by atoms with Crippen molar-refractivity contribution in [2.75, 3.05) is 13.1 Å². The number of hydrogen-bond acceptors (Lipinski definition) is 6. The van der Waals surface area contributed by atoms with E-state index in [0.29, 0.717) is 12.8 Å². The molecule has 7 aliphatic rings. The first kappa shape index (κ1) is 17.2. The van der Waals surface area contributed by atoms with E-state index in [9.17, 15) is 20.1 Å². The van der Waals surface area contributed by atoms with E-state index in [4.69, 9.17) is 4.74 Å². The van der Waals surface area contributed by atoms with Crippen molar-refractivity contribution >= 4 is 5.97 Å². The second kappa shape index (κ2) is 4.89. The fraction of sp³-hybridized carbons (Fsp3) is 0.952. The smallest absolute Gasteiger partial charge is 0.312 e. The maximum Gasteiger partial charge on any atom is 0.312 e. The Morgan fingerprint density at radius 1 is 1.26 bits per heavy atom. The number of aliphatic hydroxyl groups excluding tert-OH is 2. The van der Waals surface area contributed by atoms with Crippen LogP contribution in [0.3, 0.4) is 0 Å². The highest BCUT2D eigenvalue weighted by Gasteiger charge is 2.84. The predicted molar refractivity (Wildman–Crippen MR) is 95.5 cm³/mol. The summed E-state index contributed by atoms with van der Waals surface area (Å²) in [7, 11) is 0. The molecule has 3 aliphatic heterocycles. The van der Waals surface area contributed by atoms with Crippen LogP contribution in [0.1, 0.15) is 46.0 Å². The summed E-state index contributed by atoms with van der Waals surface area (Å²) in [6.45, 7) is 6.14. The number of carbonyl (C=O) groups excluding carboxylic acids is 1. The van der Waals surface area contributed by atoms with Gasteiger partial charge < -0.3 is 20.1 Å². The Balaban J connectivity index is 1.66. The molecular formula is C21H31NO5. The highest BCUT2D eigenvalue weighted by molar-refractivity contribution is 5.77. The number of piperidine rings is 1. The SMILES string of the molecule is CCN1C[C@]2(C)CC[C@H](O)[C@@]34[C@@H]5C[C@H]6CC[C@](O)([C@@H]([C@@H](O)[C@H]23)[C@@H]14)[C@H]5C(=O)O6. The Bertz CT molecular complexity index is 715. The fourth-order valence-corrected chi connectivity index (χ4v) is 9.35. The molecule has 0 radical (unpaired) electrons. The summed E-state index contributed by atoms with van der Waals surface area (Å²) in [4.78, 5) is 15.4. The lowest BCUT2D eigenvalue weighted by molar-refractivity contribution is -0.265. The Hall–Kier alpha value is -0.690. The van der Waals surface area contributed by atoms with Crippen molar-refractivity contribution in [2.24, 2.45) is 34.5 Å². The van der Waals surface area contributed by atoms with Crippen molar-refractivity contribution in [3.63, 3.8) is 0 Å². The molecule has 11 atom stereocenters. The van der Waals surface area contributed by atoms with E-state index in [2.05, 4.69) is 18.7 Å². The monoisotopic (exact) mass is 377 g/mol. The molecule has 0 unspecified atom stereocenters. The Morgan fingerprint density at radius 2 is 2.04 bits per heavy atom. The molecule has 0 aromatic heterocycles. The number of hydrogen-bond donors (Lipinski definition) is 3. The lowest BCUT2D eigenvalue weighted by Gasteiger charge is -2.68. The molecule has 4 aliphatic carbocycles. The second-order valence-electron chi connectivity index (χ2n) is 10.6. The van der Waals surface area contributed by atoms with Gasteiger partial charge in [-0.1, -0.05) is 13.8 Å². The molecule has 0 aromatic rings. The molecule has 7 rings (SSSR count). The predicted octanol–water partition coefficient (Wildman–Crippen LogP) is 0.531. The van der Waals surface area contributed by atoms with Gasteiger partial charge in [0.15, 0.2) is 0 Å². The van der Waals surface area contributed by atoms with Crippen molar-refractivity contribution in [1.29, 1.82) is 0 Å². The summed E-state index contributed by atoms with van der Waals surface area (Å²) in [5.41, 5.74) is -1.83. The van der Waals surface area contributed by atoms with E-state index in [1.165, 1.54) is 0 Å². The van der Waals surface area contributed by atoms with Crippen LogP contribution in [0.4, 0.5) is 0 Å². The van der Waals surface area contributed by atoms with E-state index in [1.807, 2.05) is 0 Å². The van der Waals surface area contributed by atoms with Crippen molar-refractivity contribution in [1.82, 2.24) is 4.90 Å². The van der Waals surface area contributed by atoms with Crippen LogP contribution in [0.25, 0.3) is 0 Å². The van der Waals surface area contributed by atoms with Gasteiger partial charge in [-0.15, -0.1) is 0 Å². The molecule has 0 amide bonds. The van der Waals surface area contributed by atoms with Gasteiger partial charge in [0.1, 0.15) is 6.10 Å². The zero-order chi connectivity index (χ0) is 18.9. The number of esters is 1. The highest BCUT2D eigenvalue weighted by Crippen LogP contribution is 2.76. The zero-order valence-electron chi connectivity index (χ0n) is 16.2. The molecule has 3 N–H and O–H groups in total. The number of ether oxygens (including phenoxy) is 1. The summed E-state index contributed by atoms with van der Waals surface area (Å²) in [5, 5.41) is 35.1. The van der Waals surface area contributed by atoms with Gasteiger partial charge in [0.25, 0.3) is 0 Å². The van der Waals surface area contributed by atoms with E-state index < -0.39 is 29.1 Å². The first-order chi connectivity index (χ1) is 12.8. The summed E-state index contributed by atoms with van der Waals surface area (Å²) < 4.78 is 5.67. The van der Waals surface area contributed by atoms with Crippen LogP contribution in [0.5, 0.6) is 0 Å². The second-order valence-corrected chi connectivity index (χ2v) is 10.6. The van der Waals surface area contributed by atoms with E-state index >= 15 is 0 Å². The molecule has 150 valence electrons. The van der Waals surface area contributed by atoms with Crippen LogP contribution in [0.15, 0.2) is 0 Å². The molecule has 9 bridgehead atoms. The summed E-state index contributed by atoms with van der Waals surface area (Å²) in [5.74, 6) is -1.45. The number of rotatable bonds is 1. The largest absolute Gasteiger partial charge is 0.462 e. The van der Waals surface area contributed by atoms with E-state index in [1.54, 1.807) is 0 Å². The average molecular weight is 377 g/mol. The molecular weight excluding hydrogens is 346 g/mol. The Kier molecular flexibility index (Phi) is 3.11. The van der Waals surface area contributed by atoms with Crippen LogP contribution >= 0.6 is 0 Å². The molecule has 6 heteroatoms. The number of carbonyl (C=O) groups is 1. The van der Waals surface area contributed by atoms with Crippen LogP contribution < -0.4 is 0 Å². The van der Waals surface area contributed by atoms with Crippen LogP contribution in [0.2, 0.25) is 0 Å². The summed E-state index contributed by atoms with van der Waals surface area (Å²) >= 11 is 0. The van der Waals surface area contributed by atoms with Crippen LogP contribution in [0, 0.1) is 34.5 Å². The minimum atomic E-state index is -1.22. The third-order valence-electron chi connectivity index (χ3n) is 9.86. The van der Waals surface area contributed by atoms with Gasteiger partial charge in [-0.05, 0) is 50.0 Å². The molecule has 7 fully saturated rings. The van der Waals surface area contributed by atoms with Gasteiger partial charge in [-0.25, -0.2) is 0 Å². The maximum absolute atomic E-state index is 13.0. The third kappa shape index (κ3) is 1.61. The van der Waals surface area contributed by atoms with Crippen molar-refractivity contribution in [2.45, 2.75) is 75.9 Å². The van der Waals surface area contributed by atoms with Gasteiger partial charge in [0.2, 0.25) is 0 Å². The Morgan fingerprint density at radius 3 is 2.78 bits per heavy atom. The maximum atomic E-state index is 13.0. The third-order valence-corrected chi connectivity index (χ3v) is 9.86. The lowest BCUT2D eigenvalue weighted by atomic mass is 9.42. The summed E-state index contributed by atoms with van der Waals surface area (Å²) in [6, 6.07) is -0.0539. The molecule has 6 nitrogen and oxygen atoms in total. The molecule has 3 heterocycles. The van der Waals surface area contributed by atoms with Crippen molar-refractivity contribution in [3.8, 4) is 0 Å². The number of likely N-dealkylation sites (tertiary alicyclic amines) is 1. The molecule has 0 aromatic carbocycles. The number of fused-ring (bicyclic) bond motifs is 2. The van der Waals surface area contributed by atoms with Gasteiger partial charge in [0.05, 0.1) is 23.7 Å². The quantitative estimate of drug-likeness (QED) is 0.578. The first-order valence-electron chi connectivity index (χ1n) is 10.8. The van der Waals surface area contributed by atoms with Crippen LogP contribution in [-0.4, -0.2) is 69.2 Å². The van der Waals surface area contributed by atoms with Gasteiger partial charge >= 0.3 is 5.97 Å². The Labute approximate surface area is 159 Å². The summed E-state index contributed by atoms with van der Waals surface area (Å²) in [6.07, 6.45) is 2.13. The van der Waals surface area contributed by atoms with E-state index in [0.717, 1.165) is 32.4 Å². The van der Waals surface area contributed by atoms with Crippen molar-refractivity contribution < 1.29 is 24.9 Å². The molecule has 1 spiro atoms. The van der Waals surface area contributed by atoms with Gasteiger partial charge in [-0.3, -0.25) is 9.69 Å². The molecule has 3 saturated heterocycles.